The van der Waals surface area contributed by atoms with Crippen LogP contribution in [0.5, 0.6) is 11.5 Å². The van der Waals surface area contributed by atoms with Gasteiger partial charge in [0.25, 0.3) is 0 Å². The Morgan fingerprint density at radius 1 is 1.27 bits per heavy atom. The Bertz CT molecular complexity index is 426. The van der Waals surface area contributed by atoms with Crippen LogP contribution in [-0.4, -0.2) is 20.0 Å². The highest BCUT2D eigenvalue weighted by Crippen LogP contribution is 2.42. The molecule has 0 aliphatic heterocycles. The number of hydrogen-bond donors (Lipinski definition) is 0. The Balaban J connectivity index is 2.69. The zero-order valence-corrected chi connectivity index (χ0v) is 10.2. The molecule has 0 radical (unpaired) electrons. The molecule has 0 atom stereocenters. The monoisotopic (exact) mass is 270 g/mol. The van der Waals surface area contributed by atoms with E-state index in [9.17, 15) is 4.79 Å². The van der Waals surface area contributed by atoms with E-state index in [0.29, 0.717) is 17.9 Å². The number of ether oxygens (including phenoxy) is 2. The second-order valence-electron chi connectivity index (χ2n) is 3.37. The Labute approximate surface area is 96.5 Å². The van der Waals surface area contributed by atoms with Gasteiger partial charge in [-0.2, -0.15) is 0 Å². The first-order chi connectivity index (χ1) is 7.19. The van der Waals surface area contributed by atoms with Crippen molar-refractivity contribution in [3.05, 3.63) is 21.7 Å². The van der Waals surface area contributed by atoms with Gasteiger partial charge < -0.3 is 9.47 Å². The summed E-state index contributed by atoms with van der Waals surface area (Å²) in [4.78, 5) is 11.6. The van der Waals surface area contributed by atoms with Crippen LogP contribution < -0.4 is 9.47 Å². The summed E-state index contributed by atoms with van der Waals surface area (Å²) in [6.07, 6.45) is 1.28. The molecule has 1 aliphatic rings. The van der Waals surface area contributed by atoms with Gasteiger partial charge >= 0.3 is 0 Å². The lowest BCUT2D eigenvalue weighted by Crippen LogP contribution is -1.98. The molecule has 1 aromatic carbocycles. The highest BCUT2D eigenvalue weighted by molar-refractivity contribution is 9.10. The quantitative estimate of drug-likeness (QED) is 0.829. The third-order valence-electron chi connectivity index (χ3n) is 2.60. The number of rotatable bonds is 2. The van der Waals surface area contributed by atoms with Gasteiger partial charge in [0.15, 0.2) is 17.3 Å². The van der Waals surface area contributed by atoms with Gasteiger partial charge in [0.2, 0.25) is 0 Å². The van der Waals surface area contributed by atoms with E-state index in [0.717, 1.165) is 22.0 Å². The van der Waals surface area contributed by atoms with Crippen molar-refractivity contribution >= 4 is 21.7 Å². The third kappa shape index (κ3) is 1.53. The van der Waals surface area contributed by atoms with Crippen molar-refractivity contribution < 1.29 is 14.3 Å². The van der Waals surface area contributed by atoms with Crippen molar-refractivity contribution in [2.75, 3.05) is 14.2 Å². The molecular formula is C11H11BrO3. The summed E-state index contributed by atoms with van der Waals surface area (Å²) in [5.74, 6) is 1.51. The van der Waals surface area contributed by atoms with Gasteiger partial charge in [-0.25, -0.2) is 0 Å². The summed E-state index contributed by atoms with van der Waals surface area (Å²) in [6, 6.07) is 1.78. The van der Waals surface area contributed by atoms with Crippen molar-refractivity contribution in [3.63, 3.8) is 0 Å². The van der Waals surface area contributed by atoms with E-state index in [4.69, 9.17) is 9.47 Å². The lowest BCUT2D eigenvalue weighted by Gasteiger charge is -2.12. The normalized spacial score (nSPS) is 13.9. The summed E-state index contributed by atoms with van der Waals surface area (Å²) < 4.78 is 11.3. The Morgan fingerprint density at radius 2 is 2.00 bits per heavy atom. The van der Waals surface area contributed by atoms with Gasteiger partial charge in [-0.3, -0.25) is 4.79 Å². The molecule has 4 heteroatoms. The predicted octanol–water partition coefficient (Wildman–Crippen LogP) is 2.60. The van der Waals surface area contributed by atoms with Gasteiger partial charge in [0.1, 0.15) is 0 Å². The van der Waals surface area contributed by atoms with Crippen LogP contribution in [0.1, 0.15) is 22.3 Å². The number of carbonyl (C=O) groups is 1. The molecule has 0 saturated carbocycles. The van der Waals surface area contributed by atoms with Crippen molar-refractivity contribution in [2.24, 2.45) is 0 Å². The highest BCUT2D eigenvalue weighted by Gasteiger charge is 2.28. The minimum Gasteiger partial charge on any atom is -0.493 e. The van der Waals surface area contributed by atoms with E-state index < -0.39 is 0 Å². The van der Waals surface area contributed by atoms with E-state index in [2.05, 4.69) is 15.9 Å². The zero-order chi connectivity index (χ0) is 11.0. The molecule has 0 amide bonds. The SMILES string of the molecule is COc1cc(Br)c2c(c1OC)CCC2=O. The maximum Gasteiger partial charge on any atom is 0.164 e. The standard InChI is InChI=1S/C11H11BrO3/c1-14-9-5-7(12)10-6(11(9)15-2)3-4-8(10)13/h5H,3-4H2,1-2H3. The fraction of sp³-hybridized carbons (Fsp3) is 0.364. The molecule has 0 fully saturated rings. The number of Topliss-reactive ketones (excluding diaryl/α,β-unsaturated/α-hetero) is 1. The fourth-order valence-electron chi connectivity index (χ4n) is 1.94. The first-order valence-corrected chi connectivity index (χ1v) is 5.45. The zero-order valence-electron chi connectivity index (χ0n) is 8.59. The molecule has 0 spiro atoms. The van der Waals surface area contributed by atoms with Gasteiger partial charge in [0.05, 0.1) is 14.2 Å². The number of carbonyl (C=O) groups excluding carboxylic acids is 1. The van der Waals surface area contributed by atoms with Crippen LogP contribution in [0.3, 0.4) is 0 Å². The molecule has 1 aromatic rings. The Hall–Kier alpha value is -1.03. The topological polar surface area (TPSA) is 35.5 Å². The van der Waals surface area contributed by atoms with E-state index in [-0.39, 0.29) is 5.78 Å². The molecule has 1 aliphatic carbocycles. The third-order valence-corrected chi connectivity index (χ3v) is 3.23. The second-order valence-corrected chi connectivity index (χ2v) is 4.22. The van der Waals surface area contributed by atoms with Crippen LogP contribution in [0.4, 0.5) is 0 Å². The molecule has 0 heterocycles. The van der Waals surface area contributed by atoms with Crippen LogP contribution in [0, 0.1) is 0 Å². The van der Waals surface area contributed by atoms with Gasteiger partial charge in [-0.05, 0) is 28.4 Å². The highest BCUT2D eigenvalue weighted by atomic mass is 79.9. The van der Waals surface area contributed by atoms with E-state index in [1.807, 2.05) is 0 Å². The summed E-state index contributed by atoms with van der Waals surface area (Å²) in [7, 11) is 3.18. The lowest BCUT2D eigenvalue weighted by molar-refractivity contribution is 0.0994. The minimum absolute atomic E-state index is 0.165. The van der Waals surface area contributed by atoms with Crippen molar-refractivity contribution in [2.45, 2.75) is 12.8 Å². The number of halogens is 1. The first kappa shape index (κ1) is 10.5. The van der Waals surface area contributed by atoms with E-state index in [1.54, 1.807) is 20.3 Å². The Kier molecular flexibility index (Phi) is 2.69. The van der Waals surface area contributed by atoms with Crippen molar-refractivity contribution in [3.8, 4) is 11.5 Å². The van der Waals surface area contributed by atoms with Gasteiger partial charge in [0, 0.05) is 22.0 Å². The smallest absolute Gasteiger partial charge is 0.164 e. The summed E-state index contributed by atoms with van der Waals surface area (Å²) >= 11 is 3.39. The number of fused-ring (bicyclic) bond motifs is 1. The van der Waals surface area contributed by atoms with Crippen molar-refractivity contribution in [1.29, 1.82) is 0 Å². The van der Waals surface area contributed by atoms with Crippen LogP contribution in [-0.2, 0) is 6.42 Å². The number of hydrogen-bond acceptors (Lipinski definition) is 3. The summed E-state index contributed by atoms with van der Waals surface area (Å²) in [5, 5.41) is 0. The fourth-order valence-corrected chi connectivity index (χ4v) is 2.61. The largest absolute Gasteiger partial charge is 0.493 e. The molecule has 0 N–H and O–H groups in total. The van der Waals surface area contributed by atoms with Crippen LogP contribution in [0.25, 0.3) is 0 Å². The second kappa shape index (κ2) is 3.85. The molecular weight excluding hydrogens is 260 g/mol. The molecule has 15 heavy (non-hydrogen) atoms. The molecule has 80 valence electrons. The molecule has 0 bridgehead atoms. The number of methoxy groups -OCH3 is 2. The van der Waals surface area contributed by atoms with Crippen LogP contribution >= 0.6 is 15.9 Å². The minimum atomic E-state index is 0.165. The van der Waals surface area contributed by atoms with Crippen LogP contribution in [0.2, 0.25) is 0 Å². The van der Waals surface area contributed by atoms with Crippen molar-refractivity contribution in [1.82, 2.24) is 0 Å². The molecule has 0 aromatic heterocycles. The summed E-state index contributed by atoms with van der Waals surface area (Å²) in [6.45, 7) is 0. The maximum absolute atomic E-state index is 11.6. The predicted molar refractivity (Wildman–Crippen MR) is 59.9 cm³/mol. The van der Waals surface area contributed by atoms with E-state index in [1.165, 1.54) is 0 Å². The maximum atomic E-state index is 11.6. The Morgan fingerprint density at radius 3 is 2.60 bits per heavy atom. The molecule has 2 rings (SSSR count). The van der Waals surface area contributed by atoms with Crippen LogP contribution in [0.15, 0.2) is 10.5 Å². The summed E-state index contributed by atoms with van der Waals surface area (Å²) in [5.41, 5.74) is 1.70. The van der Waals surface area contributed by atoms with E-state index >= 15 is 0 Å². The average Bonchev–Trinajstić information content (AvgIpc) is 2.61. The molecule has 0 unspecified atom stereocenters. The average molecular weight is 271 g/mol. The molecule has 3 nitrogen and oxygen atoms in total. The van der Waals surface area contributed by atoms with Gasteiger partial charge in [-0.15, -0.1) is 0 Å². The lowest BCUT2D eigenvalue weighted by atomic mass is 10.1. The number of benzene rings is 1. The molecule has 0 saturated heterocycles. The first-order valence-electron chi connectivity index (χ1n) is 4.65. The number of ketones is 1. The van der Waals surface area contributed by atoms with Gasteiger partial charge in [-0.1, -0.05) is 0 Å².